The minimum absolute atomic E-state index is 0.128. The topological polar surface area (TPSA) is 70.3 Å². The molecule has 3 aromatic carbocycles. The SMILES string of the molecule is CCC(C)CC(CC(CO)(CCC#N)C(=O)OCc1ccccc1)(c1ccccc1)c1ccccc1. The van der Waals surface area contributed by atoms with Gasteiger partial charge in [-0.25, -0.2) is 0 Å². The average Bonchev–Trinajstić information content (AvgIpc) is 2.94. The predicted octanol–water partition coefficient (Wildman–Crippen LogP) is 6.82. The number of hydrogen-bond donors (Lipinski definition) is 1. The summed E-state index contributed by atoms with van der Waals surface area (Å²) in [5, 5.41) is 20.3. The van der Waals surface area contributed by atoms with E-state index in [0.717, 1.165) is 29.5 Å². The van der Waals surface area contributed by atoms with E-state index in [0.29, 0.717) is 12.3 Å². The molecule has 0 aliphatic rings. The number of nitrogens with zero attached hydrogens (tertiary/aromatic N) is 1. The molecular weight excluding hydrogens is 446 g/mol. The van der Waals surface area contributed by atoms with E-state index in [4.69, 9.17) is 4.74 Å². The quantitative estimate of drug-likeness (QED) is 0.271. The molecule has 0 radical (unpaired) electrons. The maximum Gasteiger partial charge on any atom is 0.314 e. The largest absolute Gasteiger partial charge is 0.460 e. The molecule has 0 heterocycles. The first-order valence-corrected chi connectivity index (χ1v) is 12.8. The zero-order valence-electron chi connectivity index (χ0n) is 21.4. The summed E-state index contributed by atoms with van der Waals surface area (Å²) in [5.41, 5.74) is 1.32. The van der Waals surface area contributed by atoms with Gasteiger partial charge >= 0.3 is 5.97 Å². The average molecular weight is 484 g/mol. The van der Waals surface area contributed by atoms with Crippen LogP contribution in [0.5, 0.6) is 0 Å². The molecule has 36 heavy (non-hydrogen) atoms. The van der Waals surface area contributed by atoms with Crippen LogP contribution in [0.3, 0.4) is 0 Å². The number of ether oxygens (including phenoxy) is 1. The molecule has 1 N–H and O–H groups in total. The van der Waals surface area contributed by atoms with Crippen molar-refractivity contribution < 1.29 is 14.6 Å². The van der Waals surface area contributed by atoms with Crippen molar-refractivity contribution in [2.45, 2.75) is 58.0 Å². The molecule has 3 aromatic rings. The Morgan fingerprint density at radius 3 is 1.94 bits per heavy atom. The number of aliphatic hydroxyl groups excluding tert-OH is 1. The fraction of sp³-hybridized carbons (Fsp3) is 0.375. The molecule has 0 aliphatic heterocycles. The number of benzene rings is 3. The fourth-order valence-corrected chi connectivity index (χ4v) is 5.14. The van der Waals surface area contributed by atoms with Crippen molar-refractivity contribution in [3.63, 3.8) is 0 Å². The number of carbonyl (C=O) groups is 1. The minimum Gasteiger partial charge on any atom is -0.460 e. The fourth-order valence-electron chi connectivity index (χ4n) is 5.14. The Morgan fingerprint density at radius 2 is 1.47 bits per heavy atom. The zero-order valence-corrected chi connectivity index (χ0v) is 21.4. The van der Waals surface area contributed by atoms with E-state index >= 15 is 0 Å². The second-order valence-electron chi connectivity index (χ2n) is 9.87. The number of esters is 1. The maximum atomic E-state index is 13.8. The van der Waals surface area contributed by atoms with Crippen molar-refractivity contribution in [2.24, 2.45) is 11.3 Å². The van der Waals surface area contributed by atoms with Crippen LogP contribution < -0.4 is 0 Å². The monoisotopic (exact) mass is 483 g/mol. The summed E-state index contributed by atoms with van der Waals surface area (Å²) in [6.07, 6.45) is 2.53. The highest BCUT2D eigenvalue weighted by atomic mass is 16.5. The smallest absolute Gasteiger partial charge is 0.314 e. The molecule has 188 valence electrons. The summed E-state index contributed by atoms with van der Waals surface area (Å²) in [5.74, 6) is -0.0809. The Morgan fingerprint density at radius 1 is 0.944 bits per heavy atom. The van der Waals surface area contributed by atoms with Gasteiger partial charge in [-0.3, -0.25) is 4.79 Å². The van der Waals surface area contributed by atoms with Gasteiger partial charge < -0.3 is 9.84 Å². The van der Waals surface area contributed by atoms with Gasteiger partial charge in [0, 0.05) is 11.8 Å². The van der Waals surface area contributed by atoms with Gasteiger partial charge in [0.25, 0.3) is 0 Å². The van der Waals surface area contributed by atoms with Gasteiger partial charge in [0.2, 0.25) is 0 Å². The highest BCUT2D eigenvalue weighted by Crippen LogP contribution is 2.49. The predicted molar refractivity (Wildman–Crippen MR) is 143 cm³/mol. The van der Waals surface area contributed by atoms with Crippen molar-refractivity contribution in [3.8, 4) is 6.07 Å². The van der Waals surface area contributed by atoms with E-state index in [1.807, 2.05) is 66.7 Å². The Bertz CT molecular complexity index is 1070. The van der Waals surface area contributed by atoms with E-state index in [1.54, 1.807) is 0 Å². The van der Waals surface area contributed by atoms with Gasteiger partial charge in [0.15, 0.2) is 0 Å². The third-order valence-electron chi connectivity index (χ3n) is 7.35. The standard InChI is InChI=1S/C32H37NO3/c1-3-26(2)22-32(28-16-9-5-10-17-28,29-18-11-6-12-19-29)24-31(25-34,20-13-21-33)30(35)36-23-27-14-7-4-8-15-27/h4-12,14-19,26,34H,3,13,20,22-25H2,1-2H3. The van der Waals surface area contributed by atoms with Crippen LogP contribution in [0.1, 0.15) is 62.6 Å². The van der Waals surface area contributed by atoms with E-state index < -0.39 is 16.8 Å². The van der Waals surface area contributed by atoms with Gasteiger partial charge in [-0.15, -0.1) is 0 Å². The molecule has 0 bridgehead atoms. The second-order valence-corrected chi connectivity index (χ2v) is 9.87. The zero-order chi connectivity index (χ0) is 25.9. The Balaban J connectivity index is 2.11. The molecular formula is C32H37NO3. The summed E-state index contributed by atoms with van der Waals surface area (Å²) < 4.78 is 5.82. The van der Waals surface area contributed by atoms with E-state index in [9.17, 15) is 15.2 Å². The van der Waals surface area contributed by atoms with Crippen molar-refractivity contribution in [1.82, 2.24) is 0 Å². The molecule has 0 saturated carbocycles. The van der Waals surface area contributed by atoms with Crippen LogP contribution in [0.15, 0.2) is 91.0 Å². The van der Waals surface area contributed by atoms with Crippen molar-refractivity contribution >= 4 is 5.97 Å². The molecule has 2 unspecified atom stereocenters. The summed E-state index contributed by atoms with van der Waals surface area (Å²) in [6.45, 7) is 4.14. The number of aliphatic hydroxyl groups is 1. The first-order valence-electron chi connectivity index (χ1n) is 12.8. The van der Waals surface area contributed by atoms with Crippen molar-refractivity contribution in [1.29, 1.82) is 5.26 Å². The minimum atomic E-state index is -1.22. The van der Waals surface area contributed by atoms with Crippen LogP contribution in [0.4, 0.5) is 0 Å². The van der Waals surface area contributed by atoms with Crippen LogP contribution in [0.25, 0.3) is 0 Å². The first kappa shape index (κ1) is 27.2. The molecule has 0 saturated heterocycles. The van der Waals surface area contributed by atoms with Crippen LogP contribution in [-0.4, -0.2) is 17.7 Å². The van der Waals surface area contributed by atoms with Crippen LogP contribution >= 0.6 is 0 Å². The molecule has 4 nitrogen and oxygen atoms in total. The molecule has 0 amide bonds. The van der Waals surface area contributed by atoms with Crippen LogP contribution in [0, 0.1) is 22.7 Å². The number of nitriles is 1. The Hall–Kier alpha value is -3.42. The summed E-state index contributed by atoms with van der Waals surface area (Å²) in [6, 6.07) is 32.2. The van der Waals surface area contributed by atoms with Gasteiger partial charge in [0.05, 0.1) is 18.1 Å². The molecule has 0 aliphatic carbocycles. The van der Waals surface area contributed by atoms with Gasteiger partial charge in [-0.2, -0.15) is 5.26 Å². The molecule has 0 spiro atoms. The second kappa shape index (κ2) is 13.0. The molecule has 4 heteroatoms. The third kappa shape index (κ3) is 6.42. The molecule has 0 aromatic heterocycles. The Labute approximate surface area is 215 Å². The summed E-state index contributed by atoms with van der Waals surface area (Å²) in [7, 11) is 0. The normalized spacial score (nSPS) is 13.8. The lowest BCUT2D eigenvalue weighted by molar-refractivity contribution is -0.162. The van der Waals surface area contributed by atoms with Gasteiger partial charge in [-0.1, -0.05) is 111 Å². The molecule has 3 rings (SSSR count). The molecule has 2 atom stereocenters. The van der Waals surface area contributed by atoms with Crippen molar-refractivity contribution in [2.75, 3.05) is 6.61 Å². The number of rotatable bonds is 13. The van der Waals surface area contributed by atoms with Crippen LogP contribution in [-0.2, 0) is 21.6 Å². The van der Waals surface area contributed by atoms with Gasteiger partial charge in [-0.05, 0) is 41.9 Å². The number of carbonyl (C=O) groups excluding carboxylic acids is 1. The van der Waals surface area contributed by atoms with Crippen LogP contribution in [0.2, 0.25) is 0 Å². The molecule has 0 fully saturated rings. The first-order chi connectivity index (χ1) is 17.5. The lowest BCUT2D eigenvalue weighted by atomic mass is 9.60. The highest BCUT2D eigenvalue weighted by molar-refractivity contribution is 5.77. The highest BCUT2D eigenvalue weighted by Gasteiger charge is 2.48. The third-order valence-corrected chi connectivity index (χ3v) is 7.35. The maximum absolute atomic E-state index is 13.8. The van der Waals surface area contributed by atoms with E-state index in [2.05, 4.69) is 44.2 Å². The summed E-state index contributed by atoms with van der Waals surface area (Å²) >= 11 is 0. The number of hydrogen-bond acceptors (Lipinski definition) is 4. The van der Waals surface area contributed by atoms with E-state index in [1.165, 1.54) is 0 Å². The lowest BCUT2D eigenvalue weighted by Gasteiger charge is -2.43. The lowest BCUT2D eigenvalue weighted by Crippen LogP contribution is -2.45. The summed E-state index contributed by atoms with van der Waals surface area (Å²) in [4.78, 5) is 13.8. The van der Waals surface area contributed by atoms with E-state index in [-0.39, 0.29) is 26.1 Å². The van der Waals surface area contributed by atoms with Crippen molar-refractivity contribution in [3.05, 3.63) is 108 Å². The Kier molecular flexibility index (Phi) is 9.85. The van der Waals surface area contributed by atoms with Gasteiger partial charge in [0.1, 0.15) is 6.61 Å².